The number of rotatable bonds is 2. The van der Waals surface area contributed by atoms with Crippen LogP contribution in [0.3, 0.4) is 0 Å². The van der Waals surface area contributed by atoms with E-state index in [0.717, 1.165) is 30.2 Å². The van der Waals surface area contributed by atoms with Crippen LogP contribution in [0.2, 0.25) is 0 Å². The lowest BCUT2D eigenvalue weighted by Crippen LogP contribution is -2.62. The van der Waals surface area contributed by atoms with E-state index in [1.54, 1.807) is 6.07 Å². The van der Waals surface area contributed by atoms with Crippen LogP contribution in [0.15, 0.2) is 41.4 Å². The van der Waals surface area contributed by atoms with Crippen LogP contribution in [0.25, 0.3) is 10.9 Å². The molecule has 4 heteroatoms. The van der Waals surface area contributed by atoms with Crippen LogP contribution in [0, 0.1) is 5.92 Å². The van der Waals surface area contributed by atoms with Crippen molar-refractivity contribution in [1.29, 1.82) is 0 Å². The second-order valence-electron chi connectivity index (χ2n) is 5.51. The molecule has 92 valence electrons. The average molecular weight is 259 g/mol. The van der Waals surface area contributed by atoms with E-state index >= 15 is 0 Å². The Morgan fingerprint density at radius 2 is 1.78 bits per heavy atom. The van der Waals surface area contributed by atoms with Gasteiger partial charge in [0, 0.05) is 5.39 Å². The number of sulfone groups is 1. The van der Waals surface area contributed by atoms with Crippen LogP contribution in [-0.4, -0.2) is 18.1 Å². The highest BCUT2D eigenvalue weighted by atomic mass is 32.2. The quantitative estimate of drug-likeness (QED) is 0.832. The van der Waals surface area contributed by atoms with Gasteiger partial charge >= 0.3 is 0 Å². The lowest BCUT2D eigenvalue weighted by Gasteiger charge is -2.60. The first-order valence-corrected chi connectivity index (χ1v) is 7.70. The van der Waals surface area contributed by atoms with Crippen molar-refractivity contribution in [1.82, 2.24) is 4.98 Å². The number of para-hydroxylation sites is 1. The monoisotopic (exact) mass is 259 g/mol. The van der Waals surface area contributed by atoms with Gasteiger partial charge in [-0.15, -0.1) is 0 Å². The van der Waals surface area contributed by atoms with Crippen LogP contribution in [-0.2, 0) is 9.84 Å². The Balaban J connectivity index is 1.87. The van der Waals surface area contributed by atoms with Gasteiger partial charge in [0.15, 0.2) is 5.03 Å². The summed E-state index contributed by atoms with van der Waals surface area (Å²) < 4.78 is 24.6. The van der Waals surface area contributed by atoms with Crippen LogP contribution < -0.4 is 0 Å². The molecule has 0 N–H and O–H groups in total. The summed E-state index contributed by atoms with van der Waals surface area (Å²) in [5.74, 6) is 0.653. The molecule has 3 saturated carbocycles. The van der Waals surface area contributed by atoms with Gasteiger partial charge in [-0.05, 0) is 43.4 Å². The number of pyridine rings is 1. The molecule has 0 saturated heterocycles. The number of hydrogen-bond donors (Lipinski definition) is 0. The third-order valence-corrected chi connectivity index (χ3v) is 6.82. The molecule has 5 rings (SSSR count). The fourth-order valence-corrected chi connectivity index (χ4v) is 5.42. The van der Waals surface area contributed by atoms with Crippen LogP contribution >= 0.6 is 0 Å². The van der Waals surface area contributed by atoms with Gasteiger partial charge in [0.1, 0.15) is 0 Å². The van der Waals surface area contributed by atoms with E-state index in [1.165, 1.54) is 0 Å². The third-order valence-electron chi connectivity index (χ3n) is 4.40. The molecular weight excluding hydrogens is 246 g/mol. The van der Waals surface area contributed by atoms with Gasteiger partial charge in [-0.2, -0.15) is 0 Å². The Hall–Kier alpha value is -1.42. The molecule has 3 aliphatic rings. The summed E-state index contributed by atoms with van der Waals surface area (Å²) in [6.07, 6.45) is 2.51. The van der Waals surface area contributed by atoms with Crippen molar-refractivity contribution in [3.63, 3.8) is 0 Å². The number of nitrogens with zero attached hydrogens (tertiary/aromatic N) is 1. The molecule has 1 aromatic heterocycles. The minimum atomic E-state index is -3.24. The Morgan fingerprint density at radius 1 is 1.06 bits per heavy atom. The zero-order valence-corrected chi connectivity index (χ0v) is 10.7. The topological polar surface area (TPSA) is 47.0 Å². The molecule has 2 bridgehead atoms. The van der Waals surface area contributed by atoms with E-state index in [4.69, 9.17) is 0 Å². The molecule has 18 heavy (non-hydrogen) atoms. The maximum atomic E-state index is 12.6. The smallest absolute Gasteiger partial charge is 0.201 e. The Bertz CT molecular complexity index is 734. The highest BCUT2D eigenvalue weighted by Gasteiger charge is 2.65. The molecule has 3 fully saturated rings. The largest absolute Gasteiger partial charge is 0.236 e. The van der Waals surface area contributed by atoms with Gasteiger partial charge in [-0.1, -0.05) is 18.2 Å². The van der Waals surface area contributed by atoms with Crippen LogP contribution in [0.1, 0.15) is 19.3 Å². The van der Waals surface area contributed by atoms with Crippen LogP contribution in [0.5, 0.6) is 0 Å². The van der Waals surface area contributed by atoms with Crippen molar-refractivity contribution in [2.24, 2.45) is 5.92 Å². The molecule has 0 amide bonds. The summed E-state index contributed by atoms with van der Waals surface area (Å²) in [4.78, 5) is 4.33. The standard InChI is InChI=1S/C14H13NO2S/c16-18(17,14-7-10(8-14)9-14)13-6-5-11-3-1-2-4-12(11)15-13/h1-6,10H,7-9H2. The number of fused-ring (bicyclic) bond motifs is 1. The van der Waals surface area contributed by atoms with E-state index in [-0.39, 0.29) is 5.03 Å². The molecule has 2 aromatic rings. The molecule has 0 aliphatic heterocycles. The number of aromatic nitrogens is 1. The predicted octanol–water partition coefficient (Wildman–Crippen LogP) is 2.56. The van der Waals surface area contributed by atoms with Gasteiger partial charge in [0.05, 0.1) is 10.3 Å². The summed E-state index contributed by atoms with van der Waals surface area (Å²) in [6, 6.07) is 11.1. The molecule has 0 spiro atoms. The van der Waals surface area contributed by atoms with E-state index in [9.17, 15) is 8.42 Å². The molecule has 0 radical (unpaired) electrons. The summed E-state index contributed by atoms with van der Waals surface area (Å²) in [5.41, 5.74) is 0.755. The van der Waals surface area contributed by atoms with Gasteiger partial charge in [0.25, 0.3) is 0 Å². The fraction of sp³-hybridized carbons (Fsp3) is 0.357. The van der Waals surface area contributed by atoms with Crippen molar-refractivity contribution in [3.8, 4) is 0 Å². The lowest BCUT2D eigenvalue weighted by molar-refractivity contribution is 0.0481. The second-order valence-corrected chi connectivity index (χ2v) is 7.80. The molecule has 3 nitrogen and oxygen atoms in total. The van der Waals surface area contributed by atoms with Crippen molar-refractivity contribution in [2.75, 3.05) is 0 Å². The molecule has 0 unspecified atom stereocenters. The van der Waals surface area contributed by atoms with Gasteiger partial charge in [-0.3, -0.25) is 0 Å². The maximum Gasteiger partial charge on any atom is 0.201 e. The molecule has 0 atom stereocenters. The summed E-state index contributed by atoms with van der Waals surface area (Å²) >= 11 is 0. The lowest BCUT2D eigenvalue weighted by atomic mass is 9.55. The molecule has 1 heterocycles. The Kier molecular flexibility index (Phi) is 1.82. The zero-order chi connectivity index (χ0) is 12.4. The summed E-state index contributed by atoms with van der Waals surface area (Å²) in [6.45, 7) is 0. The minimum Gasteiger partial charge on any atom is -0.236 e. The SMILES string of the molecule is O=S(=O)(c1ccc2ccccc2n1)C12CC(C1)C2. The first kappa shape index (κ1) is 10.5. The minimum absolute atomic E-state index is 0.249. The average Bonchev–Trinajstić information content (AvgIpc) is 2.23. The fourth-order valence-electron chi connectivity index (χ4n) is 3.15. The first-order chi connectivity index (χ1) is 8.61. The van der Waals surface area contributed by atoms with Crippen molar-refractivity contribution in [2.45, 2.75) is 29.0 Å². The van der Waals surface area contributed by atoms with E-state index in [2.05, 4.69) is 4.98 Å². The van der Waals surface area contributed by atoms with Crippen molar-refractivity contribution >= 4 is 20.7 Å². The van der Waals surface area contributed by atoms with Crippen molar-refractivity contribution < 1.29 is 8.42 Å². The molecular formula is C14H13NO2S. The Labute approximate surface area is 106 Å². The van der Waals surface area contributed by atoms with E-state index in [1.807, 2.05) is 30.3 Å². The molecule has 1 aromatic carbocycles. The van der Waals surface area contributed by atoms with Crippen molar-refractivity contribution in [3.05, 3.63) is 36.4 Å². The first-order valence-electron chi connectivity index (χ1n) is 6.21. The summed E-state index contributed by atoms with van der Waals surface area (Å²) in [5, 5.41) is 1.23. The molecule has 3 aliphatic carbocycles. The highest BCUT2D eigenvalue weighted by Crippen LogP contribution is 2.63. The van der Waals surface area contributed by atoms with Gasteiger partial charge in [-0.25, -0.2) is 13.4 Å². The zero-order valence-electron chi connectivity index (χ0n) is 9.83. The normalized spacial score (nSPS) is 29.7. The highest BCUT2D eigenvalue weighted by molar-refractivity contribution is 7.93. The Morgan fingerprint density at radius 3 is 2.44 bits per heavy atom. The summed E-state index contributed by atoms with van der Waals surface area (Å²) in [7, 11) is -3.24. The third kappa shape index (κ3) is 1.14. The van der Waals surface area contributed by atoms with Gasteiger partial charge in [0.2, 0.25) is 9.84 Å². The van der Waals surface area contributed by atoms with Crippen LogP contribution in [0.4, 0.5) is 0 Å². The van der Waals surface area contributed by atoms with Gasteiger partial charge < -0.3 is 0 Å². The predicted molar refractivity (Wildman–Crippen MR) is 69.0 cm³/mol. The number of hydrogen-bond acceptors (Lipinski definition) is 3. The second kappa shape index (κ2) is 3.12. The van der Waals surface area contributed by atoms with E-state index in [0.29, 0.717) is 5.92 Å². The van der Waals surface area contributed by atoms with E-state index < -0.39 is 14.6 Å². The maximum absolute atomic E-state index is 12.6. The number of benzene rings is 1.